The minimum atomic E-state index is -2.87. The summed E-state index contributed by atoms with van der Waals surface area (Å²) >= 11 is 0. The maximum absolute atomic E-state index is 11.6. The zero-order valence-electron chi connectivity index (χ0n) is 11.4. The van der Waals surface area contributed by atoms with Crippen LogP contribution in [0.4, 0.5) is 0 Å². The summed E-state index contributed by atoms with van der Waals surface area (Å²) in [7, 11) is -1.10. The lowest BCUT2D eigenvalue weighted by atomic mass is 9.94. The molecule has 0 spiro atoms. The first-order valence-corrected chi connectivity index (χ1v) is 8.92. The van der Waals surface area contributed by atoms with Crippen LogP contribution in [0.5, 0.6) is 0 Å². The van der Waals surface area contributed by atoms with Gasteiger partial charge in [-0.05, 0) is 38.5 Å². The van der Waals surface area contributed by atoms with Gasteiger partial charge in [-0.1, -0.05) is 6.42 Å². The van der Waals surface area contributed by atoms with Crippen LogP contribution in [0, 0.1) is 0 Å². The Hall–Kier alpha value is -0.130. The molecule has 0 aliphatic heterocycles. The molecule has 0 amide bonds. The van der Waals surface area contributed by atoms with Gasteiger partial charge in [0.05, 0.1) is 11.4 Å². The van der Waals surface area contributed by atoms with E-state index in [9.17, 15) is 8.42 Å². The van der Waals surface area contributed by atoms with Crippen molar-refractivity contribution < 1.29 is 13.2 Å². The van der Waals surface area contributed by atoms with Gasteiger partial charge in [-0.3, -0.25) is 0 Å². The van der Waals surface area contributed by atoms with Gasteiger partial charge in [0.2, 0.25) is 0 Å². The summed E-state index contributed by atoms with van der Waals surface area (Å²) in [6.07, 6.45) is 8.85. The molecule has 0 aromatic rings. The van der Waals surface area contributed by atoms with Crippen LogP contribution >= 0.6 is 0 Å². The molecule has 0 heterocycles. The van der Waals surface area contributed by atoms with Gasteiger partial charge in [-0.2, -0.15) is 0 Å². The molecule has 0 aromatic carbocycles. The lowest BCUT2D eigenvalue weighted by molar-refractivity contribution is 0.106. The molecule has 18 heavy (non-hydrogen) atoms. The topological polar surface area (TPSA) is 55.4 Å². The van der Waals surface area contributed by atoms with Crippen molar-refractivity contribution in [2.75, 3.05) is 13.4 Å². The van der Waals surface area contributed by atoms with Crippen LogP contribution in [0.1, 0.15) is 44.9 Å². The van der Waals surface area contributed by atoms with Gasteiger partial charge < -0.3 is 10.1 Å². The Morgan fingerprint density at radius 3 is 2.39 bits per heavy atom. The zero-order chi connectivity index (χ0) is 13.2. The summed E-state index contributed by atoms with van der Waals surface area (Å²) in [6, 6.07) is 0.886. The minimum absolute atomic E-state index is 0.136. The Kier molecular flexibility index (Phi) is 4.67. The second-order valence-corrected chi connectivity index (χ2v) is 8.18. The van der Waals surface area contributed by atoms with Gasteiger partial charge in [0, 0.05) is 25.4 Å². The highest BCUT2D eigenvalue weighted by Crippen LogP contribution is 2.27. The van der Waals surface area contributed by atoms with E-state index < -0.39 is 9.84 Å². The highest BCUT2D eigenvalue weighted by Gasteiger charge is 2.32. The Bertz CT molecular complexity index is 368. The van der Waals surface area contributed by atoms with Crippen LogP contribution in [0.2, 0.25) is 0 Å². The number of hydrogen-bond donors (Lipinski definition) is 1. The van der Waals surface area contributed by atoms with E-state index in [1.54, 1.807) is 7.11 Å². The van der Waals surface area contributed by atoms with Gasteiger partial charge in [-0.15, -0.1) is 0 Å². The van der Waals surface area contributed by atoms with Gasteiger partial charge in [0.1, 0.15) is 9.84 Å². The molecule has 0 aromatic heterocycles. The number of hydrogen-bond acceptors (Lipinski definition) is 4. The summed E-state index contributed by atoms with van der Waals surface area (Å²) in [5, 5.41) is 3.50. The predicted molar refractivity (Wildman–Crippen MR) is 72.5 cm³/mol. The van der Waals surface area contributed by atoms with Crippen molar-refractivity contribution in [3.63, 3.8) is 0 Å². The van der Waals surface area contributed by atoms with Crippen molar-refractivity contribution in [1.82, 2.24) is 5.32 Å². The standard InChI is InChI=1S/C13H25NO3S/c1-17-12-7-6-11(8-12)14-10-4-3-5-13(9-10)18(2,15)16/h10-14H,3-9H2,1-2H3. The van der Waals surface area contributed by atoms with Gasteiger partial charge in [-0.25, -0.2) is 8.42 Å². The quantitative estimate of drug-likeness (QED) is 0.845. The fourth-order valence-corrected chi connectivity index (χ4v) is 4.50. The maximum atomic E-state index is 11.6. The van der Waals surface area contributed by atoms with Crippen LogP contribution < -0.4 is 5.32 Å². The fourth-order valence-electron chi connectivity index (χ4n) is 3.32. The Morgan fingerprint density at radius 1 is 1.06 bits per heavy atom. The Balaban J connectivity index is 1.83. The molecule has 2 fully saturated rings. The van der Waals surface area contributed by atoms with E-state index in [1.807, 2.05) is 0 Å². The number of ether oxygens (including phenoxy) is 1. The SMILES string of the molecule is COC1CCC(NC2CCCC(S(C)(=O)=O)C2)C1. The van der Waals surface area contributed by atoms with Crippen LogP contribution in [-0.2, 0) is 14.6 Å². The highest BCUT2D eigenvalue weighted by molar-refractivity contribution is 7.91. The second-order valence-electron chi connectivity index (χ2n) is 5.85. The summed E-state index contributed by atoms with van der Waals surface area (Å²) in [5.41, 5.74) is 0. The summed E-state index contributed by atoms with van der Waals surface area (Å²) in [6.45, 7) is 0. The minimum Gasteiger partial charge on any atom is -0.381 e. The first-order valence-electron chi connectivity index (χ1n) is 6.96. The van der Waals surface area contributed by atoms with Crippen molar-refractivity contribution in [3.05, 3.63) is 0 Å². The largest absolute Gasteiger partial charge is 0.381 e. The molecule has 5 heteroatoms. The van der Waals surface area contributed by atoms with Crippen molar-refractivity contribution in [2.45, 2.75) is 68.4 Å². The number of nitrogens with one attached hydrogen (secondary N) is 1. The Morgan fingerprint density at radius 2 is 1.78 bits per heavy atom. The normalized spacial score (nSPS) is 37.9. The third-order valence-corrected chi connectivity index (χ3v) is 6.06. The van der Waals surface area contributed by atoms with Crippen molar-refractivity contribution in [3.8, 4) is 0 Å². The molecular weight excluding hydrogens is 250 g/mol. The average molecular weight is 275 g/mol. The molecule has 0 bridgehead atoms. The predicted octanol–water partition coefficient (Wildman–Crippen LogP) is 1.50. The third-order valence-electron chi connectivity index (χ3n) is 4.42. The first-order chi connectivity index (χ1) is 8.49. The van der Waals surface area contributed by atoms with Gasteiger partial charge in [0.25, 0.3) is 0 Å². The van der Waals surface area contributed by atoms with E-state index in [-0.39, 0.29) is 5.25 Å². The summed E-state index contributed by atoms with van der Waals surface area (Å²) < 4.78 is 28.6. The van der Waals surface area contributed by atoms with E-state index in [4.69, 9.17) is 4.74 Å². The monoisotopic (exact) mass is 275 g/mol. The van der Waals surface area contributed by atoms with Crippen LogP contribution in [-0.4, -0.2) is 45.2 Å². The van der Waals surface area contributed by atoms with Gasteiger partial charge in [0.15, 0.2) is 0 Å². The smallest absolute Gasteiger partial charge is 0.150 e. The number of methoxy groups -OCH3 is 1. The molecule has 4 nitrogen and oxygen atoms in total. The average Bonchev–Trinajstić information content (AvgIpc) is 2.76. The van der Waals surface area contributed by atoms with E-state index in [0.29, 0.717) is 18.2 Å². The van der Waals surface area contributed by atoms with Crippen LogP contribution in [0.15, 0.2) is 0 Å². The molecule has 2 rings (SSSR count). The summed E-state index contributed by atoms with van der Waals surface area (Å²) in [5.74, 6) is 0. The molecule has 1 N–H and O–H groups in total. The second kappa shape index (κ2) is 5.88. The molecule has 4 atom stereocenters. The maximum Gasteiger partial charge on any atom is 0.150 e. The van der Waals surface area contributed by atoms with Crippen molar-refractivity contribution >= 4 is 9.84 Å². The highest BCUT2D eigenvalue weighted by atomic mass is 32.2. The molecule has 0 radical (unpaired) electrons. The Labute approximate surface area is 110 Å². The van der Waals surface area contributed by atoms with Crippen LogP contribution in [0.25, 0.3) is 0 Å². The molecule has 2 saturated carbocycles. The number of sulfone groups is 1. The lowest BCUT2D eigenvalue weighted by Crippen LogP contribution is -2.43. The molecule has 106 valence electrons. The van der Waals surface area contributed by atoms with E-state index in [0.717, 1.165) is 44.9 Å². The molecule has 2 aliphatic rings. The summed E-state index contributed by atoms with van der Waals surface area (Å²) in [4.78, 5) is 0. The molecule has 4 unspecified atom stereocenters. The third kappa shape index (κ3) is 3.68. The molecular formula is C13H25NO3S. The van der Waals surface area contributed by atoms with Gasteiger partial charge >= 0.3 is 0 Å². The molecule has 0 saturated heterocycles. The zero-order valence-corrected chi connectivity index (χ0v) is 12.2. The van der Waals surface area contributed by atoms with E-state index in [1.165, 1.54) is 6.26 Å². The first kappa shape index (κ1) is 14.3. The molecule has 2 aliphatic carbocycles. The van der Waals surface area contributed by atoms with E-state index in [2.05, 4.69) is 5.32 Å². The fraction of sp³-hybridized carbons (Fsp3) is 1.00. The number of rotatable bonds is 4. The van der Waals surface area contributed by atoms with Crippen LogP contribution in [0.3, 0.4) is 0 Å². The lowest BCUT2D eigenvalue weighted by Gasteiger charge is -2.31. The van der Waals surface area contributed by atoms with Crippen molar-refractivity contribution in [1.29, 1.82) is 0 Å². The van der Waals surface area contributed by atoms with Crippen molar-refractivity contribution in [2.24, 2.45) is 0 Å². The van der Waals surface area contributed by atoms with E-state index >= 15 is 0 Å².